The smallest absolute Gasteiger partial charge is 0.0146 e. The molecule has 0 N–H and O–H groups in total. The van der Waals surface area contributed by atoms with Gasteiger partial charge in [-0.25, -0.2) is 0 Å². The van der Waals surface area contributed by atoms with Gasteiger partial charge in [0.1, 0.15) is 0 Å². The third-order valence-electron chi connectivity index (χ3n) is 4.19. The van der Waals surface area contributed by atoms with Gasteiger partial charge in [0.15, 0.2) is 0 Å². The first-order valence-corrected chi connectivity index (χ1v) is 10.5. The molecule has 1 nitrogen and oxygen atoms in total. The summed E-state index contributed by atoms with van der Waals surface area (Å²) in [5.41, 5.74) is 1.45. The van der Waals surface area contributed by atoms with E-state index in [1.54, 1.807) is 0 Å². The van der Waals surface area contributed by atoms with Crippen molar-refractivity contribution in [2.75, 3.05) is 25.6 Å². The van der Waals surface area contributed by atoms with Crippen LogP contribution in [-0.2, 0) is 0 Å². The van der Waals surface area contributed by atoms with Crippen LogP contribution in [0.3, 0.4) is 0 Å². The second kappa shape index (κ2) is 9.94. The van der Waals surface area contributed by atoms with Gasteiger partial charge in [-0.05, 0) is 62.9 Å². The highest BCUT2D eigenvalue weighted by atomic mass is 32.3. The summed E-state index contributed by atoms with van der Waals surface area (Å²) in [5.74, 6) is 0. The Labute approximate surface area is 134 Å². The molecule has 0 saturated heterocycles. The molecule has 0 aromatic carbocycles. The van der Waals surface area contributed by atoms with Crippen molar-refractivity contribution < 1.29 is 0 Å². The number of hydrogen-bond donors (Lipinski definition) is 0. The maximum Gasteiger partial charge on any atom is 0.0146 e. The number of hydrogen-bond acceptors (Lipinski definition) is 1. The summed E-state index contributed by atoms with van der Waals surface area (Å²) in [7, 11) is -0.872. The van der Waals surface area contributed by atoms with Crippen LogP contribution in [0.25, 0.3) is 0 Å². The Morgan fingerprint density at radius 3 is 2.14 bits per heavy atom. The van der Waals surface area contributed by atoms with Gasteiger partial charge in [-0.2, -0.15) is 10.0 Å². The molecule has 0 radical (unpaired) electrons. The summed E-state index contributed by atoms with van der Waals surface area (Å²) in [5, 5.41) is 0. The monoisotopic (exact) mass is 309 g/mol. The molecule has 0 saturated carbocycles. The number of rotatable bonds is 9. The third kappa shape index (κ3) is 6.17. The Morgan fingerprint density at radius 2 is 1.71 bits per heavy atom. The quantitative estimate of drug-likeness (QED) is 0.467. The molecular weight excluding hydrogens is 274 g/mol. The molecule has 0 bridgehead atoms. The second-order valence-electron chi connectivity index (χ2n) is 5.55. The van der Waals surface area contributed by atoms with E-state index in [1.165, 1.54) is 15.5 Å². The molecule has 0 aliphatic heterocycles. The van der Waals surface area contributed by atoms with Gasteiger partial charge in [0.05, 0.1) is 0 Å². The molecule has 2 heteroatoms. The molecule has 0 unspecified atom stereocenters. The summed E-state index contributed by atoms with van der Waals surface area (Å²) < 4.78 is 0. The van der Waals surface area contributed by atoms with Crippen LogP contribution in [0, 0.1) is 0 Å². The minimum atomic E-state index is -0.872. The van der Waals surface area contributed by atoms with Gasteiger partial charge in [-0.1, -0.05) is 37.8 Å². The first-order chi connectivity index (χ1) is 9.84. The number of nitrogens with zero attached hydrogens (tertiary/aromatic N) is 1. The van der Waals surface area contributed by atoms with Crippen LogP contribution in [0.2, 0.25) is 0 Å². The van der Waals surface area contributed by atoms with E-state index in [4.69, 9.17) is 0 Å². The highest BCUT2D eigenvalue weighted by Crippen LogP contribution is 2.55. The van der Waals surface area contributed by atoms with Gasteiger partial charge in [0.2, 0.25) is 0 Å². The van der Waals surface area contributed by atoms with Gasteiger partial charge in [0, 0.05) is 18.8 Å². The second-order valence-corrected chi connectivity index (χ2v) is 9.37. The van der Waals surface area contributed by atoms with E-state index in [0.717, 1.165) is 25.9 Å². The fourth-order valence-electron chi connectivity index (χ4n) is 2.20. The lowest BCUT2D eigenvalue weighted by atomic mass is 10.2. The maximum atomic E-state index is 4.28. The molecule has 0 amide bonds. The molecule has 0 aromatic rings. The molecule has 0 heterocycles. The Kier molecular flexibility index (Phi) is 9.52. The molecule has 0 aliphatic carbocycles. The van der Waals surface area contributed by atoms with Gasteiger partial charge < -0.3 is 4.90 Å². The molecule has 0 rings (SSSR count). The fourth-order valence-corrected chi connectivity index (χ4v) is 3.64. The van der Waals surface area contributed by atoms with Crippen molar-refractivity contribution in [1.29, 1.82) is 0 Å². The van der Waals surface area contributed by atoms with E-state index in [1.807, 2.05) is 0 Å². The van der Waals surface area contributed by atoms with Crippen LogP contribution in [0.4, 0.5) is 0 Å². The summed E-state index contributed by atoms with van der Waals surface area (Å²) in [6, 6.07) is 0. The zero-order valence-corrected chi connectivity index (χ0v) is 16.0. The average Bonchev–Trinajstić information content (AvgIpc) is 2.48. The Morgan fingerprint density at radius 1 is 1.14 bits per heavy atom. The highest BCUT2D eigenvalue weighted by Gasteiger charge is 2.15. The first-order valence-electron chi connectivity index (χ1n) is 8.00. The Bertz CT molecular complexity index is 409. The van der Waals surface area contributed by atoms with Crippen molar-refractivity contribution >= 4 is 10.0 Å². The minimum absolute atomic E-state index is 0.872. The van der Waals surface area contributed by atoms with Crippen LogP contribution >= 0.6 is 10.0 Å². The lowest BCUT2D eigenvalue weighted by Gasteiger charge is -2.33. The van der Waals surface area contributed by atoms with Crippen molar-refractivity contribution in [3.8, 4) is 0 Å². The van der Waals surface area contributed by atoms with Crippen molar-refractivity contribution in [3.05, 3.63) is 46.4 Å². The molecule has 122 valence electrons. The molecule has 0 spiro atoms. The van der Waals surface area contributed by atoms with Crippen LogP contribution < -0.4 is 0 Å². The SMILES string of the molecule is C=C(/C=C\C/C=C(\CC)N(CC)CC)S(C)(C)/C(C)=C/C. The standard InChI is InChI=1S/C19H35NS/c1-9-17(5)21(7,8)18(6)15-13-14-16-19(10-2)20(11-3)12-4/h9,13,15-16H,6,10-12,14H2,1-5,7-8H3/b15-13-,17-9+,19-16+. The van der Waals surface area contributed by atoms with Crippen molar-refractivity contribution in [2.45, 2.75) is 47.5 Å². The number of allylic oxidation sites excluding steroid dienone is 6. The van der Waals surface area contributed by atoms with Crippen molar-refractivity contribution in [2.24, 2.45) is 0 Å². The lowest BCUT2D eigenvalue weighted by molar-refractivity contribution is 0.370. The Hall–Kier alpha value is -0.890. The average molecular weight is 310 g/mol. The van der Waals surface area contributed by atoms with Crippen molar-refractivity contribution in [1.82, 2.24) is 4.90 Å². The summed E-state index contributed by atoms with van der Waals surface area (Å²) in [6.45, 7) is 17.4. The lowest BCUT2D eigenvalue weighted by Crippen LogP contribution is -2.21. The zero-order valence-electron chi connectivity index (χ0n) is 15.2. The molecule has 0 fully saturated rings. The van der Waals surface area contributed by atoms with Gasteiger partial charge in [-0.3, -0.25) is 0 Å². The highest BCUT2D eigenvalue weighted by molar-refractivity contribution is 8.38. The van der Waals surface area contributed by atoms with Crippen LogP contribution in [-0.4, -0.2) is 30.5 Å². The summed E-state index contributed by atoms with van der Waals surface area (Å²) >= 11 is 0. The zero-order chi connectivity index (χ0) is 16.5. The van der Waals surface area contributed by atoms with Gasteiger partial charge in [-0.15, -0.1) is 0 Å². The molecule has 0 atom stereocenters. The van der Waals surface area contributed by atoms with E-state index in [2.05, 4.69) is 82.9 Å². The molecule has 0 aromatic heterocycles. The predicted molar refractivity (Wildman–Crippen MR) is 103 cm³/mol. The predicted octanol–water partition coefficient (Wildman–Crippen LogP) is 6.07. The third-order valence-corrected chi connectivity index (χ3v) is 7.48. The summed E-state index contributed by atoms with van der Waals surface area (Å²) in [4.78, 5) is 5.14. The van der Waals surface area contributed by atoms with E-state index in [0.29, 0.717) is 0 Å². The van der Waals surface area contributed by atoms with Crippen LogP contribution in [0.15, 0.2) is 46.4 Å². The maximum absolute atomic E-state index is 4.28. The van der Waals surface area contributed by atoms with E-state index in [-0.39, 0.29) is 0 Å². The van der Waals surface area contributed by atoms with Crippen LogP contribution in [0.5, 0.6) is 0 Å². The fraction of sp³-hybridized carbons (Fsp3) is 0.579. The van der Waals surface area contributed by atoms with E-state index < -0.39 is 10.0 Å². The van der Waals surface area contributed by atoms with Gasteiger partial charge >= 0.3 is 0 Å². The normalized spacial score (nSPS) is 14.6. The molecule has 0 aliphatic rings. The van der Waals surface area contributed by atoms with Crippen LogP contribution in [0.1, 0.15) is 47.5 Å². The van der Waals surface area contributed by atoms with Gasteiger partial charge in [0.25, 0.3) is 0 Å². The molecule has 21 heavy (non-hydrogen) atoms. The summed E-state index contributed by atoms with van der Waals surface area (Å²) in [6.07, 6.45) is 15.8. The molecular formula is C19H35NS. The van der Waals surface area contributed by atoms with Crippen molar-refractivity contribution in [3.63, 3.8) is 0 Å². The largest absolute Gasteiger partial charge is 0.376 e. The minimum Gasteiger partial charge on any atom is -0.376 e. The van der Waals surface area contributed by atoms with E-state index in [9.17, 15) is 0 Å². The van der Waals surface area contributed by atoms with E-state index >= 15 is 0 Å². The Balaban J connectivity index is 4.75. The topological polar surface area (TPSA) is 3.24 Å². The first kappa shape index (κ1) is 20.1.